The highest BCUT2D eigenvalue weighted by Gasteiger charge is 2.50. The molecule has 0 spiro atoms. The average molecular weight is 598 g/mol. The smallest absolute Gasteiger partial charge is 0.234 e. The maximum absolute atomic E-state index is 13.6. The van der Waals surface area contributed by atoms with E-state index >= 15 is 0 Å². The number of hydrogen-bond acceptors (Lipinski definition) is 7. The third kappa shape index (κ3) is 6.25. The summed E-state index contributed by atoms with van der Waals surface area (Å²) in [6.07, 6.45) is 0. The van der Waals surface area contributed by atoms with E-state index < -0.39 is 23.5 Å². The highest BCUT2D eigenvalue weighted by Crippen LogP contribution is 2.46. The molecule has 10 heteroatoms. The number of hydrogen-bond donors (Lipinski definition) is 4. The molecular weight excluding hydrogens is 572 g/mol. The molecule has 0 saturated carbocycles. The summed E-state index contributed by atoms with van der Waals surface area (Å²) in [6.45, 7) is 3.41. The number of thioether (sulfide) groups is 1. The summed E-state index contributed by atoms with van der Waals surface area (Å²) in [5, 5.41) is 32.7. The molecule has 0 bridgehead atoms. The second-order valence-corrected chi connectivity index (χ2v) is 11.6. The molecule has 4 rings (SSSR count). The van der Waals surface area contributed by atoms with Gasteiger partial charge in [-0.15, -0.1) is 11.3 Å². The molecule has 1 aliphatic heterocycles. The number of halogens is 1. The van der Waals surface area contributed by atoms with Crippen molar-refractivity contribution in [3.63, 3.8) is 0 Å². The van der Waals surface area contributed by atoms with E-state index in [1.807, 2.05) is 54.8 Å². The molecule has 0 radical (unpaired) electrons. The number of aryl methyl sites for hydroxylation is 1. The number of allylic oxidation sites excluding steroid dienone is 1. The van der Waals surface area contributed by atoms with Gasteiger partial charge in [0.15, 0.2) is 0 Å². The first-order valence-corrected chi connectivity index (χ1v) is 14.1. The predicted octanol–water partition coefficient (Wildman–Crippen LogP) is 5.58. The Morgan fingerprint density at radius 2 is 1.89 bits per heavy atom. The normalized spacial score (nSPS) is 21.1. The molecule has 3 aromatic rings. The van der Waals surface area contributed by atoms with E-state index in [0.29, 0.717) is 22.0 Å². The predicted molar refractivity (Wildman–Crippen MR) is 152 cm³/mol. The number of carbonyl (C=O) groups excluding carboxylic acids is 2. The van der Waals surface area contributed by atoms with Crippen LogP contribution in [0.4, 0.5) is 11.4 Å². The van der Waals surface area contributed by atoms with Gasteiger partial charge in [-0.3, -0.25) is 9.59 Å². The molecule has 3 atom stereocenters. The van der Waals surface area contributed by atoms with E-state index in [1.165, 1.54) is 18.3 Å². The van der Waals surface area contributed by atoms with Crippen LogP contribution >= 0.6 is 39.0 Å². The van der Waals surface area contributed by atoms with Gasteiger partial charge in [0.2, 0.25) is 11.8 Å². The van der Waals surface area contributed by atoms with Crippen LogP contribution < -0.4 is 16.0 Å². The first kappa shape index (κ1) is 26.9. The quantitative estimate of drug-likeness (QED) is 0.283. The molecule has 7 nitrogen and oxygen atoms in total. The Balaban J connectivity index is 1.62. The molecule has 190 valence electrons. The number of amides is 2. The summed E-state index contributed by atoms with van der Waals surface area (Å²) in [7, 11) is 0. The van der Waals surface area contributed by atoms with Gasteiger partial charge in [-0.2, -0.15) is 5.26 Å². The van der Waals surface area contributed by atoms with E-state index in [4.69, 9.17) is 0 Å². The van der Waals surface area contributed by atoms with E-state index in [-0.39, 0.29) is 11.7 Å². The topological polar surface area (TPSA) is 114 Å². The summed E-state index contributed by atoms with van der Waals surface area (Å²) in [6, 6.07) is 20.5. The zero-order valence-electron chi connectivity index (χ0n) is 20.1. The van der Waals surface area contributed by atoms with Crippen LogP contribution in [0.25, 0.3) is 0 Å². The lowest BCUT2D eigenvalue weighted by molar-refractivity contribution is -0.131. The summed E-state index contributed by atoms with van der Waals surface area (Å²) < 4.78 is 0.901. The zero-order chi connectivity index (χ0) is 26.6. The molecule has 1 aromatic heterocycles. The number of carbonyl (C=O) groups is 2. The van der Waals surface area contributed by atoms with Crippen LogP contribution in [0.3, 0.4) is 0 Å². The molecular formula is C27H25BrN4O3S2. The highest BCUT2D eigenvalue weighted by molar-refractivity contribution is 9.10. The number of nitrogens with zero attached hydrogens (tertiary/aromatic N) is 1. The molecule has 3 unspecified atom stereocenters. The number of nitrogens with one attached hydrogen (secondary N) is 3. The van der Waals surface area contributed by atoms with E-state index in [9.17, 15) is 20.0 Å². The standard InChI is InChI=1S/C27H25BrN4O3S2/c1-16-6-3-4-7-20(16)31-25(34)24-23(21-8-5-13-36-21)19(14-29)26(32-27(24,2)35)37-15-22(33)30-18-11-9-17(28)10-12-18/h3-13,23-24,32,35H,15H2,1-2H3,(H,30,33)(H,31,34). The maximum Gasteiger partial charge on any atom is 0.234 e. The van der Waals surface area contributed by atoms with Crippen molar-refractivity contribution in [1.82, 2.24) is 5.32 Å². The molecule has 0 fully saturated rings. The molecule has 0 saturated heterocycles. The van der Waals surface area contributed by atoms with Crippen molar-refractivity contribution in [2.75, 3.05) is 16.4 Å². The van der Waals surface area contributed by atoms with Crippen LogP contribution in [-0.2, 0) is 9.59 Å². The van der Waals surface area contributed by atoms with Crippen LogP contribution in [0, 0.1) is 24.2 Å². The molecule has 4 N–H and O–H groups in total. The summed E-state index contributed by atoms with van der Waals surface area (Å²) in [4.78, 5) is 27.0. The third-order valence-corrected chi connectivity index (χ3v) is 8.49. The number of aliphatic hydroxyl groups is 1. The minimum atomic E-state index is -1.69. The average Bonchev–Trinajstić information content (AvgIpc) is 3.39. The molecule has 2 heterocycles. The Morgan fingerprint density at radius 1 is 1.16 bits per heavy atom. The van der Waals surface area contributed by atoms with Crippen LogP contribution in [0.5, 0.6) is 0 Å². The van der Waals surface area contributed by atoms with Crippen molar-refractivity contribution in [3.05, 3.63) is 91.6 Å². The molecule has 37 heavy (non-hydrogen) atoms. The Kier molecular flexibility index (Phi) is 8.39. The van der Waals surface area contributed by atoms with Gasteiger partial charge in [0.05, 0.1) is 28.3 Å². The van der Waals surface area contributed by atoms with Crippen molar-refractivity contribution < 1.29 is 14.7 Å². The van der Waals surface area contributed by atoms with E-state index in [0.717, 1.165) is 26.7 Å². The fourth-order valence-corrected chi connectivity index (χ4v) is 6.31. The molecule has 2 aromatic carbocycles. The minimum Gasteiger partial charge on any atom is -0.370 e. The largest absolute Gasteiger partial charge is 0.370 e. The van der Waals surface area contributed by atoms with Crippen molar-refractivity contribution >= 4 is 62.2 Å². The fourth-order valence-electron chi connectivity index (χ4n) is 4.21. The lowest BCUT2D eigenvalue weighted by Gasteiger charge is -2.43. The Hall–Kier alpha value is -3.10. The monoisotopic (exact) mass is 596 g/mol. The van der Waals surface area contributed by atoms with Gasteiger partial charge < -0.3 is 21.1 Å². The van der Waals surface area contributed by atoms with Gasteiger partial charge in [0.1, 0.15) is 5.72 Å². The third-order valence-electron chi connectivity index (χ3n) is 5.99. The van der Waals surface area contributed by atoms with Crippen LogP contribution in [0.15, 0.2) is 81.1 Å². The van der Waals surface area contributed by atoms with Crippen LogP contribution in [-0.4, -0.2) is 28.4 Å². The first-order valence-electron chi connectivity index (χ1n) is 11.4. The van der Waals surface area contributed by atoms with Crippen LogP contribution in [0.1, 0.15) is 23.3 Å². The van der Waals surface area contributed by atoms with Crippen molar-refractivity contribution in [2.24, 2.45) is 5.92 Å². The van der Waals surface area contributed by atoms with Gasteiger partial charge in [0.25, 0.3) is 0 Å². The van der Waals surface area contributed by atoms with Gasteiger partial charge in [0, 0.05) is 26.6 Å². The lowest BCUT2D eigenvalue weighted by atomic mass is 9.76. The number of nitriles is 1. The SMILES string of the molecule is Cc1ccccc1NC(=O)C1C(c2cccs2)C(C#N)=C(SCC(=O)Nc2ccc(Br)cc2)NC1(C)O. The molecule has 1 aliphatic rings. The van der Waals surface area contributed by atoms with Gasteiger partial charge >= 0.3 is 0 Å². The lowest BCUT2D eigenvalue weighted by Crippen LogP contribution is -2.57. The van der Waals surface area contributed by atoms with Gasteiger partial charge in [-0.25, -0.2) is 0 Å². The summed E-state index contributed by atoms with van der Waals surface area (Å²) in [5.41, 5.74) is 0.792. The molecule has 2 amide bonds. The number of anilines is 2. The second-order valence-electron chi connectivity index (χ2n) is 8.75. The molecule has 0 aliphatic carbocycles. The Bertz CT molecular complexity index is 1370. The van der Waals surface area contributed by atoms with Crippen molar-refractivity contribution in [2.45, 2.75) is 25.5 Å². The van der Waals surface area contributed by atoms with E-state index in [2.05, 4.69) is 37.9 Å². The highest BCUT2D eigenvalue weighted by atomic mass is 79.9. The van der Waals surface area contributed by atoms with Crippen molar-refractivity contribution in [1.29, 1.82) is 5.26 Å². The van der Waals surface area contributed by atoms with Gasteiger partial charge in [-0.05, 0) is 61.2 Å². The van der Waals surface area contributed by atoms with Gasteiger partial charge in [-0.1, -0.05) is 52.0 Å². The van der Waals surface area contributed by atoms with Crippen LogP contribution in [0.2, 0.25) is 0 Å². The zero-order valence-corrected chi connectivity index (χ0v) is 23.3. The van der Waals surface area contributed by atoms with E-state index in [1.54, 1.807) is 18.2 Å². The fraction of sp³-hybridized carbons (Fsp3) is 0.222. The minimum absolute atomic E-state index is 0.0108. The summed E-state index contributed by atoms with van der Waals surface area (Å²) in [5.74, 6) is -2.35. The number of thiophene rings is 1. The number of benzene rings is 2. The number of rotatable bonds is 7. The Labute approximate surface area is 232 Å². The number of para-hydroxylation sites is 1. The second kappa shape index (κ2) is 11.5. The summed E-state index contributed by atoms with van der Waals surface area (Å²) >= 11 is 5.90. The van der Waals surface area contributed by atoms with Crippen molar-refractivity contribution in [3.8, 4) is 6.07 Å². The Morgan fingerprint density at radius 3 is 2.54 bits per heavy atom. The first-order chi connectivity index (χ1) is 17.7. The maximum atomic E-state index is 13.6.